The van der Waals surface area contributed by atoms with Crippen molar-refractivity contribution >= 4 is 21.6 Å². The monoisotopic (exact) mass is 416 g/mol. The molecule has 1 amide bonds. The van der Waals surface area contributed by atoms with E-state index < -0.39 is 10.0 Å². The van der Waals surface area contributed by atoms with Gasteiger partial charge in [0, 0.05) is 26.1 Å². The van der Waals surface area contributed by atoms with Crippen molar-refractivity contribution in [3.05, 3.63) is 59.7 Å². The zero-order valence-corrected chi connectivity index (χ0v) is 17.7. The predicted molar refractivity (Wildman–Crippen MR) is 114 cm³/mol. The van der Waals surface area contributed by atoms with Crippen LogP contribution >= 0.6 is 0 Å². The maximum atomic E-state index is 13.2. The van der Waals surface area contributed by atoms with Crippen LogP contribution in [0.15, 0.2) is 53.4 Å². The number of carbonyl (C=O) groups is 1. The second kappa shape index (κ2) is 9.41. The number of amides is 1. The van der Waals surface area contributed by atoms with E-state index in [9.17, 15) is 13.2 Å². The van der Waals surface area contributed by atoms with E-state index in [-0.39, 0.29) is 16.8 Å². The fourth-order valence-corrected chi connectivity index (χ4v) is 5.14. The number of rotatable bonds is 8. The molecule has 2 aromatic carbocycles. The molecular weight excluding hydrogens is 388 g/mol. The van der Waals surface area contributed by atoms with Gasteiger partial charge < -0.3 is 10.1 Å². The summed E-state index contributed by atoms with van der Waals surface area (Å²) in [6, 6.07) is 14.5. The zero-order chi connectivity index (χ0) is 20.9. The number of para-hydroxylation sites is 1. The van der Waals surface area contributed by atoms with Crippen molar-refractivity contribution < 1.29 is 17.9 Å². The Morgan fingerprint density at radius 2 is 1.90 bits per heavy atom. The van der Waals surface area contributed by atoms with Crippen LogP contribution in [-0.4, -0.2) is 40.6 Å². The summed E-state index contributed by atoms with van der Waals surface area (Å²) in [5.74, 6) is -0.0452. The van der Waals surface area contributed by atoms with Gasteiger partial charge in [-0.15, -0.1) is 0 Å². The van der Waals surface area contributed by atoms with E-state index in [1.807, 2.05) is 31.2 Å². The van der Waals surface area contributed by atoms with E-state index in [0.717, 1.165) is 29.7 Å². The first-order chi connectivity index (χ1) is 13.9. The Morgan fingerprint density at radius 3 is 2.62 bits per heavy atom. The van der Waals surface area contributed by atoms with Crippen molar-refractivity contribution in [2.75, 3.05) is 24.6 Å². The summed E-state index contributed by atoms with van der Waals surface area (Å²) in [6.07, 6.45) is 2.61. The molecule has 0 aromatic heterocycles. The average Bonchev–Trinajstić information content (AvgIpc) is 2.72. The first-order valence-electron chi connectivity index (χ1n) is 9.89. The van der Waals surface area contributed by atoms with Crippen LogP contribution in [0.5, 0.6) is 0 Å². The van der Waals surface area contributed by atoms with Gasteiger partial charge in [-0.3, -0.25) is 9.10 Å². The lowest BCUT2D eigenvalue weighted by molar-refractivity contribution is -0.122. The Labute approximate surface area is 172 Å². The fraction of sp³-hybridized carbons (Fsp3) is 0.409. The zero-order valence-electron chi connectivity index (χ0n) is 16.9. The molecule has 1 unspecified atom stereocenters. The summed E-state index contributed by atoms with van der Waals surface area (Å²) in [5.41, 5.74) is 2.76. The van der Waals surface area contributed by atoms with Crippen molar-refractivity contribution in [1.82, 2.24) is 5.32 Å². The van der Waals surface area contributed by atoms with E-state index in [1.165, 1.54) is 4.31 Å². The van der Waals surface area contributed by atoms with Crippen molar-refractivity contribution in [3.8, 4) is 0 Å². The Balaban J connectivity index is 1.66. The van der Waals surface area contributed by atoms with Gasteiger partial charge in [0.1, 0.15) is 0 Å². The smallest absolute Gasteiger partial charge is 0.264 e. The van der Waals surface area contributed by atoms with Crippen LogP contribution in [0.25, 0.3) is 0 Å². The lowest BCUT2D eigenvalue weighted by Crippen LogP contribution is -2.35. The summed E-state index contributed by atoms with van der Waals surface area (Å²) < 4.78 is 32.8. The third-order valence-electron chi connectivity index (χ3n) is 5.04. The van der Waals surface area contributed by atoms with Crippen LogP contribution in [-0.2, 0) is 32.4 Å². The number of fused-ring (bicyclic) bond motifs is 1. The highest BCUT2D eigenvalue weighted by atomic mass is 32.2. The number of anilines is 1. The van der Waals surface area contributed by atoms with E-state index >= 15 is 0 Å². The predicted octanol–water partition coefficient (Wildman–Crippen LogP) is 2.91. The van der Waals surface area contributed by atoms with Crippen LogP contribution in [0.2, 0.25) is 0 Å². The van der Waals surface area contributed by atoms with E-state index in [0.29, 0.717) is 26.0 Å². The van der Waals surface area contributed by atoms with Gasteiger partial charge >= 0.3 is 0 Å². The number of nitrogens with zero attached hydrogens (tertiary/aromatic N) is 1. The number of hydrogen-bond donors (Lipinski definition) is 1. The molecular formula is C22H28N2O4S. The molecule has 156 valence electrons. The van der Waals surface area contributed by atoms with Gasteiger partial charge in [-0.05, 0) is 55.5 Å². The Kier molecular flexibility index (Phi) is 6.92. The first-order valence-corrected chi connectivity index (χ1v) is 11.3. The highest BCUT2D eigenvalue weighted by Gasteiger charge is 2.28. The minimum Gasteiger partial charge on any atom is -0.383 e. The number of aryl methyl sites for hydroxylation is 2. The molecule has 3 rings (SSSR count). The van der Waals surface area contributed by atoms with Gasteiger partial charge in [-0.2, -0.15) is 0 Å². The number of nitrogens with one attached hydrogen (secondary N) is 1. The largest absolute Gasteiger partial charge is 0.383 e. The number of carbonyl (C=O) groups excluding carboxylic acids is 1. The quantitative estimate of drug-likeness (QED) is 0.718. The number of ether oxygens (including phenoxy) is 1. The van der Waals surface area contributed by atoms with Crippen LogP contribution in [0.1, 0.15) is 30.9 Å². The van der Waals surface area contributed by atoms with Crippen molar-refractivity contribution in [2.24, 2.45) is 0 Å². The summed E-state index contributed by atoms with van der Waals surface area (Å²) in [5, 5.41) is 2.87. The molecule has 1 heterocycles. The summed E-state index contributed by atoms with van der Waals surface area (Å²) in [7, 11) is -2.01. The molecule has 0 aliphatic carbocycles. The number of benzene rings is 2. The Bertz CT molecular complexity index is 942. The molecule has 7 heteroatoms. The molecule has 6 nitrogen and oxygen atoms in total. The van der Waals surface area contributed by atoms with E-state index in [4.69, 9.17) is 4.74 Å². The Hall–Kier alpha value is -2.38. The third-order valence-corrected chi connectivity index (χ3v) is 6.87. The summed E-state index contributed by atoms with van der Waals surface area (Å²) in [6.45, 7) is 2.85. The van der Waals surface area contributed by atoms with Crippen molar-refractivity contribution in [2.45, 2.75) is 43.5 Å². The molecule has 1 N–H and O–H groups in total. The second-order valence-corrected chi connectivity index (χ2v) is 9.24. The SMILES string of the molecule is COCC(C)NC(=O)CCc1ccc(S(=O)(=O)N2CCCc3ccccc32)cc1. The van der Waals surface area contributed by atoms with Crippen LogP contribution < -0.4 is 9.62 Å². The van der Waals surface area contributed by atoms with E-state index in [2.05, 4.69) is 5.32 Å². The number of sulfonamides is 1. The molecule has 29 heavy (non-hydrogen) atoms. The summed E-state index contributed by atoms with van der Waals surface area (Å²) in [4.78, 5) is 12.3. The normalized spacial score (nSPS) is 14.9. The molecule has 0 saturated carbocycles. The summed E-state index contributed by atoms with van der Waals surface area (Å²) >= 11 is 0. The minimum absolute atomic E-state index is 0.0348. The van der Waals surface area contributed by atoms with Gasteiger partial charge in [0.15, 0.2) is 0 Å². The van der Waals surface area contributed by atoms with Crippen LogP contribution in [0.3, 0.4) is 0 Å². The van der Waals surface area contributed by atoms with E-state index in [1.54, 1.807) is 31.4 Å². The molecule has 1 atom stereocenters. The second-order valence-electron chi connectivity index (χ2n) is 7.38. The molecule has 0 fully saturated rings. The average molecular weight is 417 g/mol. The van der Waals surface area contributed by atoms with Gasteiger partial charge in [0.25, 0.3) is 10.0 Å². The standard InChI is InChI=1S/C22H28N2O4S/c1-17(16-28-2)23-22(25)14-11-18-9-12-20(13-10-18)29(26,27)24-15-5-7-19-6-3-4-8-21(19)24/h3-4,6,8-10,12-13,17H,5,7,11,14-16H2,1-2H3,(H,23,25). The first kappa shape index (κ1) is 21.3. The number of methoxy groups -OCH3 is 1. The molecule has 0 saturated heterocycles. The molecule has 0 spiro atoms. The molecule has 0 bridgehead atoms. The lowest BCUT2D eigenvalue weighted by Gasteiger charge is -2.30. The van der Waals surface area contributed by atoms with Crippen LogP contribution in [0.4, 0.5) is 5.69 Å². The van der Waals surface area contributed by atoms with Crippen LogP contribution in [0, 0.1) is 0 Å². The molecule has 0 radical (unpaired) electrons. The molecule has 2 aromatic rings. The fourth-order valence-electron chi connectivity index (χ4n) is 3.60. The highest BCUT2D eigenvalue weighted by Crippen LogP contribution is 2.31. The maximum Gasteiger partial charge on any atom is 0.264 e. The van der Waals surface area contributed by atoms with Gasteiger partial charge in [-0.25, -0.2) is 8.42 Å². The third kappa shape index (κ3) is 5.16. The Morgan fingerprint density at radius 1 is 1.17 bits per heavy atom. The van der Waals surface area contributed by atoms with Crippen molar-refractivity contribution in [1.29, 1.82) is 0 Å². The van der Waals surface area contributed by atoms with Gasteiger partial charge in [-0.1, -0.05) is 30.3 Å². The van der Waals surface area contributed by atoms with Crippen molar-refractivity contribution in [3.63, 3.8) is 0 Å². The van der Waals surface area contributed by atoms with Gasteiger partial charge in [0.05, 0.1) is 17.2 Å². The molecule has 1 aliphatic heterocycles. The van der Waals surface area contributed by atoms with Gasteiger partial charge in [0.2, 0.25) is 5.91 Å². The maximum absolute atomic E-state index is 13.2. The molecule has 1 aliphatic rings. The lowest BCUT2D eigenvalue weighted by atomic mass is 10.0. The minimum atomic E-state index is -3.61. The topological polar surface area (TPSA) is 75.7 Å². The number of hydrogen-bond acceptors (Lipinski definition) is 4. The highest BCUT2D eigenvalue weighted by molar-refractivity contribution is 7.92.